The molecule has 3 aromatic carbocycles. The minimum atomic E-state index is -0.575. The molecule has 0 heterocycles. The molecule has 0 spiro atoms. The highest BCUT2D eigenvalue weighted by Gasteiger charge is 2.31. The molecular formula is C32H37ClN2O2S. The maximum Gasteiger partial charge on any atom is 0.243 e. The van der Waals surface area contributed by atoms with Crippen molar-refractivity contribution in [3.8, 4) is 0 Å². The number of nitrogens with zero attached hydrogens (tertiary/aromatic N) is 1. The van der Waals surface area contributed by atoms with Gasteiger partial charge < -0.3 is 10.2 Å². The van der Waals surface area contributed by atoms with Gasteiger partial charge in [-0.05, 0) is 55.2 Å². The monoisotopic (exact) mass is 548 g/mol. The standard InChI is InChI=1S/C32H37ClN2O2S/c1-24-12-14-26(15-13-24)23-35(31(36)20-21-38-29-18-16-27(33)17-19-29)30(22-25-8-4-2-5-9-25)32(37)34-28-10-6-3-7-11-28/h2,4-5,8-9,12-19,28,30H,3,6-7,10-11,20-23H2,1H3,(H,34,37)/t30-/m0/s1. The topological polar surface area (TPSA) is 49.4 Å². The fraction of sp³-hybridized carbons (Fsp3) is 0.375. The number of halogens is 1. The van der Waals surface area contributed by atoms with Crippen LogP contribution < -0.4 is 5.32 Å². The molecule has 1 aliphatic rings. The van der Waals surface area contributed by atoms with Crippen LogP contribution in [0.4, 0.5) is 0 Å². The van der Waals surface area contributed by atoms with Crippen molar-refractivity contribution in [2.75, 3.05) is 5.75 Å². The number of nitrogens with one attached hydrogen (secondary N) is 1. The zero-order valence-corrected chi connectivity index (χ0v) is 23.6. The second-order valence-electron chi connectivity index (χ2n) is 10.1. The average Bonchev–Trinajstić information content (AvgIpc) is 2.94. The Morgan fingerprint density at radius 1 is 0.921 bits per heavy atom. The molecule has 1 saturated carbocycles. The molecule has 4 nitrogen and oxygen atoms in total. The minimum Gasteiger partial charge on any atom is -0.352 e. The van der Waals surface area contributed by atoms with Crippen molar-refractivity contribution < 1.29 is 9.59 Å². The molecule has 3 aromatic rings. The second-order valence-corrected chi connectivity index (χ2v) is 11.7. The molecule has 4 rings (SSSR count). The van der Waals surface area contributed by atoms with Gasteiger partial charge in [-0.3, -0.25) is 9.59 Å². The van der Waals surface area contributed by atoms with Crippen LogP contribution >= 0.6 is 23.4 Å². The molecule has 2 amide bonds. The lowest BCUT2D eigenvalue weighted by Crippen LogP contribution is -2.52. The minimum absolute atomic E-state index is 0.00763. The molecule has 1 aliphatic carbocycles. The Kier molecular flexibility index (Phi) is 10.7. The fourth-order valence-corrected chi connectivity index (χ4v) is 5.89. The van der Waals surface area contributed by atoms with Gasteiger partial charge in [-0.1, -0.05) is 91.0 Å². The van der Waals surface area contributed by atoms with Crippen molar-refractivity contribution in [2.24, 2.45) is 0 Å². The van der Waals surface area contributed by atoms with Crippen LogP contribution in [0.25, 0.3) is 0 Å². The Balaban J connectivity index is 1.55. The zero-order valence-electron chi connectivity index (χ0n) is 22.1. The predicted molar refractivity (Wildman–Crippen MR) is 157 cm³/mol. The van der Waals surface area contributed by atoms with Gasteiger partial charge in [0.2, 0.25) is 11.8 Å². The third-order valence-corrected chi connectivity index (χ3v) is 8.36. The van der Waals surface area contributed by atoms with E-state index in [2.05, 4.69) is 36.5 Å². The van der Waals surface area contributed by atoms with E-state index in [1.165, 1.54) is 12.0 Å². The van der Waals surface area contributed by atoms with E-state index < -0.39 is 6.04 Å². The first kappa shape index (κ1) is 28.3. The molecule has 0 bridgehead atoms. The highest BCUT2D eigenvalue weighted by Crippen LogP contribution is 2.23. The molecule has 6 heteroatoms. The van der Waals surface area contributed by atoms with Crippen LogP contribution in [0.3, 0.4) is 0 Å². The first-order valence-corrected chi connectivity index (χ1v) is 14.9. The van der Waals surface area contributed by atoms with E-state index in [9.17, 15) is 9.59 Å². The number of amides is 2. The Labute approximate surface area is 236 Å². The number of carbonyl (C=O) groups is 2. The SMILES string of the molecule is Cc1ccc(CN(C(=O)CCSc2ccc(Cl)cc2)[C@@H](Cc2ccccc2)C(=O)NC2CCCCC2)cc1. The van der Waals surface area contributed by atoms with E-state index in [4.69, 9.17) is 11.6 Å². The van der Waals surface area contributed by atoms with E-state index in [0.29, 0.717) is 30.2 Å². The van der Waals surface area contributed by atoms with E-state index in [0.717, 1.165) is 41.7 Å². The average molecular weight is 549 g/mol. The Hall–Kier alpha value is -2.76. The molecule has 1 atom stereocenters. The summed E-state index contributed by atoms with van der Waals surface area (Å²) in [4.78, 5) is 30.5. The zero-order chi connectivity index (χ0) is 26.7. The first-order chi connectivity index (χ1) is 18.5. The lowest BCUT2D eigenvalue weighted by molar-refractivity contribution is -0.141. The normalized spacial score (nSPS) is 14.6. The van der Waals surface area contributed by atoms with Gasteiger partial charge in [0.25, 0.3) is 0 Å². The number of hydrogen-bond donors (Lipinski definition) is 1. The van der Waals surface area contributed by atoms with Crippen LogP contribution in [0.5, 0.6) is 0 Å². The third kappa shape index (κ3) is 8.64. The third-order valence-electron chi connectivity index (χ3n) is 7.09. The van der Waals surface area contributed by atoms with Crippen LogP contribution in [-0.2, 0) is 22.6 Å². The number of carbonyl (C=O) groups excluding carboxylic acids is 2. The van der Waals surface area contributed by atoms with Crippen LogP contribution in [0.15, 0.2) is 83.8 Å². The molecule has 200 valence electrons. The van der Waals surface area contributed by atoms with Crippen LogP contribution in [0.2, 0.25) is 5.02 Å². The molecule has 0 aliphatic heterocycles. The van der Waals surface area contributed by atoms with Gasteiger partial charge in [-0.2, -0.15) is 0 Å². The number of aryl methyl sites for hydroxylation is 1. The highest BCUT2D eigenvalue weighted by molar-refractivity contribution is 7.99. The molecule has 1 N–H and O–H groups in total. The molecular weight excluding hydrogens is 512 g/mol. The van der Waals surface area contributed by atoms with Gasteiger partial charge in [0, 0.05) is 41.1 Å². The van der Waals surface area contributed by atoms with Crippen LogP contribution in [-0.4, -0.2) is 34.6 Å². The fourth-order valence-electron chi connectivity index (χ4n) is 4.92. The van der Waals surface area contributed by atoms with Crippen LogP contribution in [0, 0.1) is 6.92 Å². The van der Waals surface area contributed by atoms with Crippen molar-refractivity contribution in [3.05, 3.63) is 101 Å². The van der Waals surface area contributed by atoms with Crippen molar-refractivity contribution >= 4 is 35.2 Å². The molecule has 0 radical (unpaired) electrons. The summed E-state index contributed by atoms with van der Waals surface area (Å²) >= 11 is 7.65. The van der Waals surface area contributed by atoms with E-state index in [1.54, 1.807) is 16.7 Å². The molecule has 1 fully saturated rings. The number of rotatable bonds is 11. The molecule has 38 heavy (non-hydrogen) atoms. The number of benzene rings is 3. The first-order valence-electron chi connectivity index (χ1n) is 13.6. The van der Waals surface area contributed by atoms with Crippen molar-refractivity contribution in [2.45, 2.75) is 75.4 Å². The summed E-state index contributed by atoms with van der Waals surface area (Å²) in [5, 5.41) is 4.00. The Morgan fingerprint density at radius 2 is 1.61 bits per heavy atom. The summed E-state index contributed by atoms with van der Waals surface area (Å²) in [6.07, 6.45) is 6.36. The Bertz CT molecular complexity index is 1160. The Morgan fingerprint density at radius 3 is 2.29 bits per heavy atom. The molecule has 0 saturated heterocycles. The summed E-state index contributed by atoms with van der Waals surface area (Å²) in [5.74, 6) is 0.575. The van der Waals surface area contributed by atoms with Gasteiger partial charge in [-0.25, -0.2) is 0 Å². The summed E-state index contributed by atoms with van der Waals surface area (Å²) < 4.78 is 0. The van der Waals surface area contributed by atoms with Crippen LogP contribution in [0.1, 0.15) is 55.2 Å². The molecule has 0 aromatic heterocycles. The van der Waals surface area contributed by atoms with E-state index >= 15 is 0 Å². The lowest BCUT2D eigenvalue weighted by atomic mass is 9.94. The van der Waals surface area contributed by atoms with Crippen molar-refractivity contribution in [3.63, 3.8) is 0 Å². The maximum absolute atomic E-state index is 13.8. The van der Waals surface area contributed by atoms with Crippen molar-refractivity contribution in [1.82, 2.24) is 10.2 Å². The highest BCUT2D eigenvalue weighted by atomic mass is 35.5. The van der Waals surface area contributed by atoms with Gasteiger partial charge in [0.1, 0.15) is 6.04 Å². The summed E-state index contributed by atoms with van der Waals surface area (Å²) in [6, 6.07) is 25.5. The van der Waals surface area contributed by atoms with Gasteiger partial charge >= 0.3 is 0 Å². The van der Waals surface area contributed by atoms with Gasteiger partial charge in [0.15, 0.2) is 0 Å². The van der Waals surface area contributed by atoms with E-state index in [1.807, 2.05) is 54.6 Å². The molecule has 0 unspecified atom stereocenters. The smallest absolute Gasteiger partial charge is 0.243 e. The quantitative estimate of drug-likeness (QED) is 0.257. The van der Waals surface area contributed by atoms with Gasteiger partial charge in [-0.15, -0.1) is 11.8 Å². The largest absolute Gasteiger partial charge is 0.352 e. The number of thioether (sulfide) groups is 1. The summed E-state index contributed by atoms with van der Waals surface area (Å²) in [6.45, 7) is 2.46. The maximum atomic E-state index is 13.8. The van der Waals surface area contributed by atoms with Crippen molar-refractivity contribution in [1.29, 1.82) is 0 Å². The predicted octanol–water partition coefficient (Wildman–Crippen LogP) is 7.22. The van der Waals surface area contributed by atoms with E-state index in [-0.39, 0.29) is 17.9 Å². The lowest BCUT2D eigenvalue weighted by Gasteiger charge is -2.33. The summed E-state index contributed by atoms with van der Waals surface area (Å²) in [7, 11) is 0. The summed E-state index contributed by atoms with van der Waals surface area (Å²) in [5.41, 5.74) is 3.24. The number of hydrogen-bond acceptors (Lipinski definition) is 3. The van der Waals surface area contributed by atoms with Gasteiger partial charge in [0.05, 0.1) is 0 Å². The second kappa shape index (κ2) is 14.4.